The summed E-state index contributed by atoms with van der Waals surface area (Å²) in [5.74, 6) is 0. The standard InChI is InChI=1S/C100H84BN3S/c1-97(2,3)69-45-49-77-89(59-69)105-96-95(77)104(94-80(63-32-21-15-22-33-63)55-71(99(7,8)9)56-81(94)64-34-23-16-24-35-64)88-58-72(100(10,11)12)57-87-92(88)101(96)83-50-46-73(60-86(83)103(87)93-78(61-28-17-13-18-29-61)53-70(98(4,5)6)54-79(93)62-30-19-14-20-31-62)102-84-39-26-25-38-75(84)82-52-68(44-51-85(82)102)74-47-42-67-41-40-65-36-27-37-66-43-48-76(74)91(67)90(65)66/h13-60H,1-12H3/i46D,50D,60D. The third-order valence-corrected chi connectivity index (χ3v) is 23.8. The van der Waals surface area contributed by atoms with Crippen LogP contribution in [0.5, 0.6) is 0 Å². The van der Waals surface area contributed by atoms with Gasteiger partial charge in [0.25, 0.3) is 6.71 Å². The molecule has 5 heteroatoms. The molecule has 3 nitrogen and oxygen atoms in total. The van der Waals surface area contributed by atoms with Gasteiger partial charge in [0, 0.05) is 70.6 Å². The molecule has 0 bridgehead atoms. The smallest absolute Gasteiger partial charge is 0.264 e. The van der Waals surface area contributed by atoms with Gasteiger partial charge in [-0.3, -0.25) is 0 Å². The Bertz CT molecular complexity index is 6430. The second-order valence-corrected chi connectivity index (χ2v) is 34.5. The Morgan fingerprint density at radius 2 is 0.790 bits per heavy atom. The summed E-state index contributed by atoms with van der Waals surface area (Å²) in [7, 11) is 0. The van der Waals surface area contributed by atoms with Crippen molar-refractivity contribution in [1.82, 2.24) is 4.57 Å². The number of anilines is 6. The molecule has 508 valence electrons. The molecule has 0 atom stereocenters. The van der Waals surface area contributed by atoms with E-state index in [0.29, 0.717) is 16.8 Å². The van der Waals surface area contributed by atoms with E-state index in [2.05, 4.69) is 370 Å². The number of aromatic nitrogens is 1. The van der Waals surface area contributed by atoms with E-state index in [1.54, 1.807) is 0 Å². The zero-order valence-corrected chi connectivity index (χ0v) is 62.6. The summed E-state index contributed by atoms with van der Waals surface area (Å²) in [5, 5.41) is 10.5. The Labute approximate surface area is 626 Å². The van der Waals surface area contributed by atoms with Crippen LogP contribution in [0.1, 0.15) is 109 Å². The first-order valence-corrected chi connectivity index (χ1v) is 38.0. The van der Waals surface area contributed by atoms with Gasteiger partial charge in [-0.15, -0.1) is 11.3 Å². The fourth-order valence-corrected chi connectivity index (χ4v) is 18.4. The first-order chi connectivity index (χ1) is 51.9. The van der Waals surface area contributed by atoms with Gasteiger partial charge in [-0.05, 0) is 193 Å². The molecule has 0 unspecified atom stereocenters. The first kappa shape index (κ1) is 61.3. The van der Waals surface area contributed by atoms with E-state index in [4.69, 9.17) is 0 Å². The molecule has 0 fully saturated rings. The zero-order chi connectivity index (χ0) is 74.4. The van der Waals surface area contributed by atoms with Crippen LogP contribution in [0.15, 0.2) is 291 Å². The number of hydrogen-bond donors (Lipinski definition) is 0. The summed E-state index contributed by atoms with van der Waals surface area (Å²) in [6.45, 7) is 27.1. The molecule has 2 aromatic heterocycles. The normalized spacial score (nSPS) is 13.7. The molecule has 0 N–H and O–H groups in total. The molecule has 0 amide bonds. The summed E-state index contributed by atoms with van der Waals surface area (Å²) in [4.78, 5) is 5.08. The third-order valence-electron chi connectivity index (χ3n) is 22.6. The number of rotatable bonds is 8. The highest BCUT2D eigenvalue weighted by atomic mass is 32.1. The number of nitrogens with zero attached hydrogens (tertiary/aromatic N) is 3. The first-order valence-electron chi connectivity index (χ1n) is 38.7. The van der Waals surface area contributed by atoms with Crippen LogP contribution in [0.3, 0.4) is 0 Å². The lowest BCUT2D eigenvalue weighted by Gasteiger charge is -2.46. The van der Waals surface area contributed by atoms with E-state index in [-0.39, 0.29) is 34.4 Å². The Morgan fingerprint density at radius 3 is 1.34 bits per heavy atom. The van der Waals surface area contributed by atoms with Crippen LogP contribution in [0, 0.1) is 0 Å². The van der Waals surface area contributed by atoms with Crippen LogP contribution in [-0.2, 0) is 21.7 Å². The largest absolute Gasteiger partial charge is 0.310 e. The molecule has 2 aliphatic rings. The molecule has 15 aromatic carbocycles. The summed E-state index contributed by atoms with van der Waals surface area (Å²) in [6, 6.07) is 101. The van der Waals surface area contributed by atoms with Gasteiger partial charge in [-0.1, -0.05) is 301 Å². The Morgan fingerprint density at radius 1 is 0.324 bits per heavy atom. The van der Waals surface area contributed by atoms with Crippen molar-refractivity contribution in [3.8, 4) is 61.3 Å². The van der Waals surface area contributed by atoms with Crippen molar-refractivity contribution in [3.05, 3.63) is 313 Å². The molecular formula is C100H84BN3S. The van der Waals surface area contributed by atoms with Crippen molar-refractivity contribution in [3.63, 3.8) is 0 Å². The molecule has 0 saturated carbocycles. The number of hydrogen-bond acceptors (Lipinski definition) is 3. The van der Waals surface area contributed by atoms with Crippen molar-refractivity contribution in [1.29, 1.82) is 0 Å². The minimum Gasteiger partial charge on any atom is -0.310 e. The molecule has 105 heavy (non-hydrogen) atoms. The molecule has 0 spiro atoms. The fraction of sp³-hybridized carbons (Fsp3) is 0.160. The van der Waals surface area contributed by atoms with Crippen LogP contribution in [0.4, 0.5) is 34.1 Å². The number of thiophene rings is 1. The lowest BCUT2D eigenvalue weighted by atomic mass is 9.36. The van der Waals surface area contributed by atoms with E-state index in [1.807, 2.05) is 11.3 Å². The number of benzene rings is 15. The molecule has 2 aliphatic heterocycles. The van der Waals surface area contributed by atoms with Crippen LogP contribution < -0.4 is 25.5 Å². The topological polar surface area (TPSA) is 11.4 Å². The Balaban J connectivity index is 0.984. The highest BCUT2D eigenvalue weighted by molar-refractivity contribution is 7.33. The summed E-state index contributed by atoms with van der Waals surface area (Å²) < 4.78 is 38.9. The van der Waals surface area contributed by atoms with E-state index in [1.165, 1.54) is 49.0 Å². The Hall–Kier alpha value is -11.2. The summed E-state index contributed by atoms with van der Waals surface area (Å²) >= 11 is 1.81. The number of fused-ring (bicyclic) bond motifs is 9. The highest BCUT2D eigenvalue weighted by Gasteiger charge is 2.48. The van der Waals surface area contributed by atoms with Crippen molar-refractivity contribution in [2.45, 2.75) is 105 Å². The highest BCUT2D eigenvalue weighted by Crippen LogP contribution is 2.57. The maximum Gasteiger partial charge on any atom is 0.264 e. The second-order valence-electron chi connectivity index (χ2n) is 33.4. The van der Waals surface area contributed by atoms with Gasteiger partial charge in [0.05, 0.1) is 32.2 Å². The van der Waals surface area contributed by atoms with Crippen molar-refractivity contribution >= 4 is 132 Å². The maximum absolute atomic E-state index is 11.9. The van der Waals surface area contributed by atoms with E-state index in [9.17, 15) is 4.11 Å². The predicted octanol–water partition coefficient (Wildman–Crippen LogP) is 26.5. The predicted molar refractivity (Wildman–Crippen MR) is 456 cm³/mol. The maximum atomic E-state index is 11.9. The van der Waals surface area contributed by atoms with Crippen LogP contribution >= 0.6 is 11.3 Å². The summed E-state index contributed by atoms with van der Waals surface area (Å²) in [6.07, 6.45) is 0. The van der Waals surface area contributed by atoms with E-state index in [0.717, 1.165) is 132 Å². The monoisotopic (exact) mass is 1370 g/mol. The van der Waals surface area contributed by atoms with Gasteiger partial charge in [0.2, 0.25) is 0 Å². The lowest BCUT2D eigenvalue weighted by Crippen LogP contribution is -2.60. The van der Waals surface area contributed by atoms with Gasteiger partial charge in [0.15, 0.2) is 0 Å². The van der Waals surface area contributed by atoms with Crippen molar-refractivity contribution in [2.24, 2.45) is 0 Å². The molecule has 19 rings (SSSR count). The average Bonchev–Trinajstić information content (AvgIpc) is 1.20. The molecule has 0 aliphatic carbocycles. The van der Waals surface area contributed by atoms with Crippen LogP contribution in [0.2, 0.25) is 0 Å². The minimum atomic E-state index is -0.624. The van der Waals surface area contributed by atoms with Crippen LogP contribution in [-0.4, -0.2) is 11.3 Å². The average molecular weight is 1370 g/mol. The minimum absolute atomic E-state index is 0.00114. The van der Waals surface area contributed by atoms with Gasteiger partial charge < -0.3 is 14.4 Å². The zero-order valence-electron chi connectivity index (χ0n) is 64.8. The lowest BCUT2D eigenvalue weighted by molar-refractivity contribution is 0.590. The third kappa shape index (κ3) is 10.3. The van der Waals surface area contributed by atoms with E-state index < -0.39 is 12.1 Å². The van der Waals surface area contributed by atoms with Gasteiger partial charge in [-0.2, -0.15) is 0 Å². The SMILES string of the molecule is [2H]c1c([2H])c(-n2c3ccccc3c3cc(-c4ccc5ccc6cccc7ccc4c5c67)ccc32)c([2H])c2c1B1c3sc4cc(C(C)(C)C)ccc4c3N(c3c(-c4ccccc4)cc(C(C)(C)C)cc3-c3ccccc3)c3cc(C(C)(C)C)cc(c31)N2c1c(-c2ccccc2)cc(C(C)(C)C)cc1-c1ccccc1. The van der Waals surface area contributed by atoms with Crippen LogP contribution in [0.25, 0.3) is 126 Å². The fourth-order valence-electron chi connectivity index (χ4n) is 17.1. The second kappa shape index (κ2) is 23.6. The number of para-hydroxylation sites is 1. The quantitative estimate of drug-likeness (QED) is 0.111. The molecule has 0 radical (unpaired) electrons. The molecule has 4 heterocycles. The molecular weight excluding hydrogens is 1290 g/mol. The van der Waals surface area contributed by atoms with Crippen molar-refractivity contribution in [2.75, 3.05) is 9.80 Å². The van der Waals surface area contributed by atoms with Gasteiger partial charge in [-0.25, -0.2) is 0 Å². The molecule has 0 saturated heterocycles. The Kier molecular flexibility index (Phi) is 13.8. The van der Waals surface area contributed by atoms with E-state index >= 15 is 0 Å². The molecule has 17 aromatic rings. The van der Waals surface area contributed by atoms with Crippen molar-refractivity contribution < 1.29 is 4.11 Å². The summed E-state index contributed by atoms with van der Waals surface area (Å²) in [5.41, 5.74) is 23.6. The van der Waals surface area contributed by atoms with Gasteiger partial charge in [0.1, 0.15) is 0 Å². The van der Waals surface area contributed by atoms with Gasteiger partial charge >= 0.3 is 0 Å².